The van der Waals surface area contributed by atoms with Gasteiger partial charge < -0.3 is 14.7 Å². The molecule has 0 amide bonds. The average molecular weight is 483 g/mol. The number of rotatable bonds is 9. The number of aromatic amines is 2. The summed E-state index contributed by atoms with van der Waals surface area (Å²) in [7, 11) is 0. The predicted octanol–water partition coefficient (Wildman–Crippen LogP) is 5.90. The van der Waals surface area contributed by atoms with E-state index in [1.807, 2.05) is 62.4 Å². The van der Waals surface area contributed by atoms with E-state index in [-0.39, 0.29) is 23.9 Å². The Morgan fingerprint density at radius 1 is 0.667 bits per heavy atom. The molecule has 4 aromatic rings. The first-order valence-corrected chi connectivity index (χ1v) is 11.9. The van der Waals surface area contributed by atoms with Crippen molar-refractivity contribution in [2.24, 2.45) is 0 Å². The van der Waals surface area contributed by atoms with E-state index in [0.717, 1.165) is 28.1 Å². The first kappa shape index (κ1) is 24.9. The van der Waals surface area contributed by atoms with Crippen LogP contribution in [0.15, 0.2) is 60.7 Å². The lowest BCUT2D eigenvalue weighted by Gasteiger charge is -2.05. The number of ether oxygens (including phenoxy) is 1. The number of benzene rings is 2. The summed E-state index contributed by atoms with van der Waals surface area (Å²) in [5, 5.41) is 0. The van der Waals surface area contributed by atoms with Gasteiger partial charge in [0.25, 0.3) is 0 Å². The highest BCUT2D eigenvalue weighted by Gasteiger charge is 2.26. The van der Waals surface area contributed by atoms with Gasteiger partial charge >= 0.3 is 5.97 Å². The number of hydrogen-bond donors (Lipinski definition) is 2. The molecule has 0 aliphatic carbocycles. The Hall–Kier alpha value is -4.19. The number of hydrogen-bond acceptors (Lipinski definition) is 4. The Bertz CT molecular complexity index is 1410. The van der Waals surface area contributed by atoms with Crippen molar-refractivity contribution in [3.05, 3.63) is 117 Å². The van der Waals surface area contributed by atoms with Crippen LogP contribution in [-0.2, 0) is 24.2 Å². The Labute approximate surface area is 210 Å². The maximum absolute atomic E-state index is 12.9. The van der Waals surface area contributed by atoms with Gasteiger partial charge in [0.15, 0.2) is 11.6 Å². The molecule has 0 bridgehead atoms. The van der Waals surface area contributed by atoms with Crippen molar-refractivity contribution in [1.29, 1.82) is 0 Å². The topological polar surface area (TPSA) is 92.0 Å². The highest BCUT2D eigenvalue weighted by molar-refractivity contribution is 6.06. The molecule has 0 radical (unpaired) electrons. The molecule has 2 heterocycles. The number of Topliss-reactive ketones (excluding diaryl/α,β-unsaturated/α-hetero) is 2. The van der Waals surface area contributed by atoms with Gasteiger partial charge in [-0.1, -0.05) is 60.7 Å². The van der Waals surface area contributed by atoms with Crippen molar-refractivity contribution >= 4 is 17.5 Å². The second-order valence-corrected chi connectivity index (χ2v) is 9.07. The molecular weight excluding hydrogens is 452 g/mol. The van der Waals surface area contributed by atoms with Crippen molar-refractivity contribution in [2.45, 2.75) is 47.1 Å². The van der Waals surface area contributed by atoms with E-state index in [1.165, 1.54) is 6.92 Å². The van der Waals surface area contributed by atoms with Crippen LogP contribution in [-0.4, -0.2) is 27.5 Å². The van der Waals surface area contributed by atoms with Gasteiger partial charge in [-0.15, -0.1) is 0 Å². The summed E-state index contributed by atoms with van der Waals surface area (Å²) in [5.41, 5.74) is 7.13. The fourth-order valence-electron chi connectivity index (χ4n) is 4.69. The summed E-state index contributed by atoms with van der Waals surface area (Å²) in [6, 6.07) is 19.4. The van der Waals surface area contributed by atoms with Crippen molar-refractivity contribution in [1.82, 2.24) is 9.97 Å². The molecule has 2 N–H and O–H groups in total. The second kappa shape index (κ2) is 10.6. The predicted molar refractivity (Wildman–Crippen MR) is 139 cm³/mol. The first-order chi connectivity index (χ1) is 17.3. The molecule has 0 atom stereocenters. The van der Waals surface area contributed by atoms with Crippen molar-refractivity contribution < 1.29 is 19.1 Å². The summed E-state index contributed by atoms with van der Waals surface area (Å²) in [6.45, 7) is 6.86. The molecule has 6 nitrogen and oxygen atoms in total. The minimum atomic E-state index is -0.586. The van der Waals surface area contributed by atoms with Crippen LogP contribution in [0.3, 0.4) is 0 Å². The van der Waals surface area contributed by atoms with Gasteiger partial charge in [0.2, 0.25) is 0 Å². The van der Waals surface area contributed by atoms with Crippen LogP contribution in [0, 0.1) is 13.8 Å². The van der Waals surface area contributed by atoms with Crippen molar-refractivity contribution in [3.8, 4) is 0 Å². The van der Waals surface area contributed by atoms with Crippen molar-refractivity contribution in [3.63, 3.8) is 0 Å². The Morgan fingerprint density at radius 2 is 1.19 bits per heavy atom. The number of aromatic nitrogens is 2. The lowest BCUT2D eigenvalue weighted by molar-refractivity contribution is 0.0463. The van der Waals surface area contributed by atoms with Crippen LogP contribution in [0.2, 0.25) is 0 Å². The van der Waals surface area contributed by atoms with Gasteiger partial charge in [-0.3, -0.25) is 9.59 Å². The van der Waals surface area contributed by atoms with E-state index in [4.69, 9.17) is 4.74 Å². The highest BCUT2D eigenvalue weighted by Crippen LogP contribution is 2.27. The fourth-order valence-corrected chi connectivity index (χ4v) is 4.69. The normalized spacial score (nSPS) is 10.9. The number of nitrogens with one attached hydrogen (secondary N) is 2. The minimum absolute atomic E-state index is 0.0310. The molecule has 2 aromatic heterocycles. The molecule has 6 heteroatoms. The van der Waals surface area contributed by atoms with E-state index in [1.54, 1.807) is 6.92 Å². The molecule has 184 valence electrons. The summed E-state index contributed by atoms with van der Waals surface area (Å²) < 4.78 is 5.49. The number of carbonyl (C=O) groups is 3. The largest absolute Gasteiger partial charge is 0.456 e. The van der Waals surface area contributed by atoms with Crippen LogP contribution in [0.1, 0.15) is 84.4 Å². The maximum Gasteiger partial charge on any atom is 0.355 e. The highest BCUT2D eigenvalue weighted by atomic mass is 16.5. The molecule has 0 spiro atoms. The standard InChI is InChI=1S/C30H30N2O4/c1-18-24(15-22-11-7-5-8-12-22)31-26(27(18)20(3)33)16-25-19(2)28(21(4)34)29(32-25)30(35)36-17-23-13-9-6-10-14-23/h5-14,31-32H,15-17H2,1-4H3. The zero-order chi connectivity index (χ0) is 25.8. The third kappa shape index (κ3) is 5.23. The van der Waals surface area contributed by atoms with E-state index in [0.29, 0.717) is 35.2 Å². The lowest BCUT2D eigenvalue weighted by atomic mass is 10.00. The summed E-state index contributed by atoms with van der Waals surface area (Å²) in [4.78, 5) is 44.6. The molecule has 0 aliphatic rings. The van der Waals surface area contributed by atoms with Crippen LogP contribution in [0.25, 0.3) is 0 Å². The third-order valence-electron chi connectivity index (χ3n) is 6.48. The van der Waals surface area contributed by atoms with Gasteiger partial charge in [-0.25, -0.2) is 4.79 Å². The number of esters is 1. The summed E-state index contributed by atoms with van der Waals surface area (Å²) in [5.74, 6) is -0.838. The van der Waals surface area contributed by atoms with Crippen LogP contribution >= 0.6 is 0 Å². The lowest BCUT2D eigenvalue weighted by Crippen LogP contribution is -2.10. The van der Waals surface area contributed by atoms with Crippen molar-refractivity contribution in [2.75, 3.05) is 0 Å². The van der Waals surface area contributed by atoms with Crippen LogP contribution in [0.5, 0.6) is 0 Å². The van der Waals surface area contributed by atoms with E-state index < -0.39 is 5.97 Å². The zero-order valence-corrected chi connectivity index (χ0v) is 21.0. The SMILES string of the molecule is CC(=O)c1c(Cc2[nH]c(C(=O)OCc3ccccc3)c(C(C)=O)c2C)[nH]c(Cc2ccccc2)c1C. The second-order valence-electron chi connectivity index (χ2n) is 9.07. The van der Waals surface area contributed by atoms with E-state index in [9.17, 15) is 14.4 Å². The Balaban J connectivity index is 1.65. The van der Waals surface area contributed by atoms with Gasteiger partial charge in [-0.2, -0.15) is 0 Å². The Kier molecular flexibility index (Phi) is 7.34. The summed E-state index contributed by atoms with van der Waals surface area (Å²) in [6.07, 6.45) is 1.02. The minimum Gasteiger partial charge on any atom is -0.456 e. The smallest absolute Gasteiger partial charge is 0.355 e. The third-order valence-corrected chi connectivity index (χ3v) is 6.48. The van der Waals surface area contributed by atoms with Gasteiger partial charge in [0.05, 0.1) is 5.56 Å². The Morgan fingerprint density at radius 3 is 1.78 bits per heavy atom. The first-order valence-electron chi connectivity index (χ1n) is 11.9. The van der Waals surface area contributed by atoms with Gasteiger partial charge in [-0.05, 0) is 49.9 Å². The monoisotopic (exact) mass is 482 g/mol. The van der Waals surface area contributed by atoms with Gasteiger partial charge in [0, 0.05) is 35.5 Å². The molecule has 0 aliphatic heterocycles. The zero-order valence-electron chi connectivity index (χ0n) is 21.0. The van der Waals surface area contributed by atoms with E-state index >= 15 is 0 Å². The molecule has 0 saturated heterocycles. The molecule has 2 aromatic carbocycles. The van der Waals surface area contributed by atoms with Crippen LogP contribution in [0.4, 0.5) is 0 Å². The average Bonchev–Trinajstić information content (AvgIpc) is 3.35. The number of carbonyl (C=O) groups excluding carboxylic acids is 3. The number of H-pyrrole nitrogens is 2. The molecule has 0 unspecified atom stereocenters. The number of ketones is 2. The quantitative estimate of drug-likeness (QED) is 0.229. The van der Waals surface area contributed by atoms with Gasteiger partial charge in [0.1, 0.15) is 12.3 Å². The molecule has 36 heavy (non-hydrogen) atoms. The summed E-state index contributed by atoms with van der Waals surface area (Å²) >= 11 is 0. The molecule has 0 saturated carbocycles. The fraction of sp³-hybridized carbons (Fsp3) is 0.233. The molecule has 0 fully saturated rings. The maximum atomic E-state index is 12.9. The van der Waals surface area contributed by atoms with Crippen LogP contribution < -0.4 is 0 Å². The molecule has 4 rings (SSSR count). The van der Waals surface area contributed by atoms with E-state index in [2.05, 4.69) is 22.1 Å². The molecular formula is C30H30N2O4.